The summed E-state index contributed by atoms with van der Waals surface area (Å²) in [6.07, 6.45) is 2.29. The van der Waals surface area contributed by atoms with Gasteiger partial charge < -0.3 is 9.73 Å². The lowest BCUT2D eigenvalue weighted by Gasteiger charge is -2.28. The molecule has 6 nitrogen and oxygen atoms in total. The van der Waals surface area contributed by atoms with Crippen LogP contribution in [0.1, 0.15) is 60.3 Å². The van der Waals surface area contributed by atoms with Gasteiger partial charge in [-0.3, -0.25) is 9.69 Å². The van der Waals surface area contributed by atoms with Crippen LogP contribution in [-0.4, -0.2) is 38.9 Å². The molecular weight excluding hydrogens is 516 g/mol. The van der Waals surface area contributed by atoms with Crippen molar-refractivity contribution in [3.05, 3.63) is 82.0 Å². The lowest BCUT2D eigenvalue weighted by molar-refractivity contribution is 0.0905. The molecule has 2 heterocycles. The third-order valence-electron chi connectivity index (χ3n) is 6.22. The van der Waals surface area contributed by atoms with Crippen LogP contribution in [0.2, 0.25) is 0 Å². The Balaban J connectivity index is 1.48. The Morgan fingerprint density at radius 1 is 0.971 bits per heavy atom. The summed E-state index contributed by atoms with van der Waals surface area (Å²) in [5, 5.41) is 2.70. The molecule has 3 aromatic rings. The Hall–Kier alpha value is -2.42. The van der Waals surface area contributed by atoms with E-state index in [0.717, 1.165) is 36.0 Å². The number of halogens is 1. The van der Waals surface area contributed by atoms with Gasteiger partial charge >= 0.3 is 0 Å². The number of benzene rings is 2. The molecule has 1 amide bonds. The first-order chi connectivity index (χ1) is 16.3. The van der Waals surface area contributed by atoms with E-state index in [9.17, 15) is 13.2 Å². The highest BCUT2D eigenvalue weighted by Gasteiger charge is 2.26. The van der Waals surface area contributed by atoms with E-state index in [0.29, 0.717) is 12.5 Å². The second-order valence-electron chi connectivity index (χ2n) is 8.87. The fraction of sp³-hybridized carbons (Fsp3) is 0.346. The van der Waals surface area contributed by atoms with Crippen LogP contribution in [0.25, 0.3) is 0 Å². The highest BCUT2D eigenvalue weighted by Crippen LogP contribution is 2.27. The third-order valence-corrected chi connectivity index (χ3v) is 8.39. The largest absolute Gasteiger partial charge is 0.439 e. The summed E-state index contributed by atoms with van der Waals surface area (Å²) >= 11 is 3.30. The van der Waals surface area contributed by atoms with Gasteiger partial charge in [-0.05, 0) is 79.4 Å². The van der Waals surface area contributed by atoms with Gasteiger partial charge in [-0.25, -0.2) is 8.42 Å². The molecule has 0 bridgehead atoms. The van der Waals surface area contributed by atoms with Gasteiger partial charge in [-0.2, -0.15) is 0 Å². The maximum Gasteiger partial charge on any atom is 0.287 e. The summed E-state index contributed by atoms with van der Waals surface area (Å²) in [7, 11) is -3.84. The molecule has 2 aromatic carbocycles. The normalized spacial score (nSPS) is 15.5. The molecule has 1 unspecified atom stereocenters. The number of hydrogen-bond donors (Lipinski definition) is 1. The molecule has 1 saturated heterocycles. The maximum absolute atomic E-state index is 12.8. The van der Waals surface area contributed by atoms with Crippen molar-refractivity contribution in [3.63, 3.8) is 0 Å². The second kappa shape index (κ2) is 10.5. The van der Waals surface area contributed by atoms with E-state index in [2.05, 4.69) is 64.3 Å². The molecular formula is C26H29BrN2O4S. The number of sulfone groups is 1. The van der Waals surface area contributed by atoms with Crippen molar-refractivity contribution in [2.75, 3.05) is 19.6 Å². The lowest BCUT2D eigenvalue weighted by atomic mass is 9.98. The van der Waals surface area contributed by atoms with E-state index in [1.165, 1.54) is 29.8 Å². The van der Waals surface area contributed by atoms with Crippen LogP contribution in [0.15, 0.2) is 79.5 Å². The summed E-state index contributed by atoms with van der Waals surface area (Å²) < 4.78 is 31.9. The molecule has 1 atom stereocenters. The monoisotopic (exact) mass is 544 g/mol. The van der Waals surface area contributed by atoms with Gasteiger partial charge in [0.2, 0.25) is 14.9 Å². The van der Waals surface area contributed by atoms with Gasteiger partial charge in [0.05, 0.1) is 10.9 Å². The van der Waals surface area contributed by atoms with Crippen LogP contribution < -0.4 is 5.32 Å². The summed E-state index contributed by atoms with van der Waals surface area (Å²) in [4.78, 5) is 15.3. The molecule has 34 heavy (non-hydrogen) atoms. The van der Waals surface area contributed by atoms with Crippen molar-refractivity contribution in [3.8, 4) is 0 Å². The zero-order chi connectivity index (χ0) is 24.3. The standard InChI is InChI=1S/C26H29BrN2O4S/c1-18(2)19-5-7-20(8-6-19)23(29-15-3-4-16-29)17-28-26(30)24-13-14-25(33-24)34(31,32)22-11-9-21(27)10-12-22/h5-14,18,23H,3-4,15-17H2,1-2H3,(H,28,30). The van der Waals surface area contributed by atoms with Gasteiger partial charge in [-0.15, -0.1) is 0 Å². The van der Waals surface area contributed by atoms with Crippen molar-refractivity contribution in [2.24, 2.45) is 0 Å². The van der Waals surface area contributed by atoms with E-state index in [1.807, 2.05) is 0 Å². The molecule has 0 saturated carbocycles. The number of carbonyl (C=O) groups is 1. The number of rotatable bonds is 8. The van der Waals surface area contributed by atoms with Gasteiger partial charge in [0.15, 0.2) is 5.76 Å². The average molecular weight is 545 g/mol. The molecule has 0 aliphatic carbocycles. The zero-order valence-electron chi connectivity index (χ0n) is 19.3. The third kappa shape index (κ3) is 5.45. The number of carbonyl (C=O) groups excluding carboxylic acids is 1. The van der Waals surface area contributed by atoms with E-state index in [4.69, 9.17) is 4.42 Å². The Morgan fingerprint density at radius 2 is 1.59 bits per heavy atom. The molecule has 8 heteroatoms. The number of likely N-dealkylation sites (tertiary alicyclic amines) is 1. The van der Waals surface area contributed by atoms with Gasteiger partial charge in [0, 0.05) is 11.0 Å². The quantitative estimate of drug-likeness (QED) is 0.401. The van der Waals surface area contributed by atoms with Crippen molar-refractivity contribution < 1.29 is 17.6 Å². The Labute approximate surface area is 209 Å². The van der Waals surface area contributed by atoms with Crippen molar-refractivity contribution >= 4 is 31.7 Å². The van der Waals surface area contributed by atoms with E-state index < -0.39 is 15.7 Å². The molecule has 1 N–H and O–H groups in total. The highest BCUT2D eigenvalue weighted by atomic mass is 79.9. The number of nitrogens with zero attached hydrogens (tertiary/aromatic N) is 1. The topological polar surface area (TPSA) is 79.6 Å². The van der Waals surface area contributed by atoms with E-state index in [1.54, 1.807) is 12.1 Å². The van der Waals surface area contributed by atoms with Crippen LogP contribution in [-0.2, 0) is 9.84 Å². The second-order valence-corrected chi connectivity index (χ2v) is 11.7. The van der Waals surface area contributed by atoms with Crippen molar-refractivity contribution in [2.45, 2.75) is 48.6 Å². The van der Waals surface area contributed by atoms with Crippen molar-refractivity contribution in [1.29, 1.82) is 0 Å². The average Bonchev–Trinajstić information content (AvgIpc) is 3.53. The molecule has 1 fully saturated rings. The zero-order valence-corrected chi connectivity index (χ0v) is 21.7. The Bertz CT molecular complexity index is 1230. The van der Waals surface area contributed by atoms with Crippen LogP contribution in [0.5, 0.6) is 0 Å². The molecule has 0 spiro atoms. The summed E-state index contributed by atoms with van der Waals surface area (Å²) in [5.74, 6) is 0.00657. The van der Waals surface area contributed by atoms with Crippen LogP contribution >= 0.6 is 15.9 Å². The lowest BCUT2D eigenvalue weighted by Crippen LogP contribution is -2.36. The number of nitrogens with one attached hydrogen (secondary N) is 1. The van der Waals surface area contributed by atoms with E-state index >= 15 is 0 Å². The minimum Gasteiger partial charge on any atom is -0.439 e. The molecule has 1 aliphatic heterocycles. The first kappa shape index (κ1) is 24.7. The van der Waals surface area contributed by atoms with E-state index in [-0.39, 0.29) is 21.8 Å². The van der Waals surface area contributed by atoms with Crippen LogP contribution in [0.3, 0.4) is 0 Å². The summed E-state index contributed by atoms with van der Waals surface area (Å²) in [6.45, 7) is 6.73. The summed E-state index contributed by atoms with van der Waals surface area (Å²) in [5.41, 5.74) is 2.44. The SMILES string of the molecule is CC(C)c1ccc(C(CNC(=O)c2ccc(S(=O)(=O)c3ccc(Br)cc3)o2)N2CCCC2)cc1. The maximum atomic E-state index is 12.8. The first-order valence-corrected chi connectivity index (χ1v) is 13.8. The highest BCUT2D eigenvalue weighted by molar-refractivity contribution is 9.10. The summed E-state index contributed by atoms with van der Waals surface area (Å²) in [6, 6.07) is 17.6. The first-order valence-electron chi connectivity index (χ1n) is 11.5. The fourth-order valence-corrected chi connectivity index (χ4v) is 5.64. The molecule has 1 aliphatic rings. The van der Waals surface area contributed by atoms with Crippen LogP contribution in [0.4, 0.5) is 0 Å². The minimum absolute atomic E-state index is 0.0222. The Morgan fingerprint density at radius 3 is 2.21 bits per heavy atom. The molecule has 180 valence electrons. The van der Waals surface area contributed by atoms with Crippen LogP contribution in [0, 0.1) is 0 Å². The number of hydrogen-bond acceptors (Lipinski definition) is 5. The fourth-order valence-electron chi connectivity index (χ4n) is 4.21. The van der Waals surface area contributed by atoms with Gasteiger partial charge in [0.1, 0.15) is 0 Å². The Kier molecular flexibility index (Phi) is 7.60. The smallest absolute Gasteiger partial charge is 0.287 e. The van der Waals surface area contributed by atoms with Gasteiger partial charge in [-0.1, -0.05) is 54.0 Å². The predicted molar refractivity (Wildman–Crippen MR) is 135 cm³/mol. The van der Waals surface area contributed by atoms with Crippen molar-refractivity contribution in [1.82, 2.24) is 10.2 Å². The molecule has 0 radical (unpaired) electrons. The number of furan rings is 1. The van der Waals surface area contributed by atoms with Gasteiger partial charge in [0.25, 0.3) is 5.91 Å². The predicted octanol–water partition coefficient (Wildman–Crippen LogP) is 5.57. The molecule has 4 rings (SSSR count). The minimum atomic E-state index is -3.84. The number of amides is 1. The molecule has 1 aromatic heterocycles.